The van der Waals surface area contributed by atoms with Crippen molar-refractivity contribution in [1.29, 1.82) is 0 Å². The van der Waals surface area contributed by atoms with Gasteiger partial charge in [0.05, 0.1) is 30.6 Å². The van der Waals surface area contributed by atoms with E-state index in [4.69, 9.17) is 10.3 Å². The highest BCUT2D eigenvalue weighted by atomic mass is 15.3. The third-order valence-electron chi connectivity index (χ3n) is 8.42. The standard InChI is InChI=1S/C20H28N3/c1-2-6-16-12(4-1)13-9-11-23-17-8-7-15(20(23)19(13)22-16)18-14(17)5-3-10-21-18/h3,5,10,12-20H,1-2,4,6-9,11H2/q-1/p+1/t12?,13?,14-,15+,16?,17-,18-,19?,20?/m0/s1. The lowest BCUT2D eigenvalue weighted by atomic mass is 9.60. The molecule has 0 spiro atoms. The van der Waals surface area contributed by atoms with Crippen molar-refractivity contribution >= 4 is 6.21 Å². The molecule has 2 saturated carbocycles. The molecule has 4 saturated heterocycles. The fourth-order valence-electron chi connectivity index (χ4n) is 7.70. The topological polar surface area (TPSA) is 30.9 Å². The average Bonchev–Trinajstić information content (AvgIpc) is 3.01. The van der Waals surface area contributed by atoms with Gasteiger partial charge < -0.3 is 10.2 Å². The fourth-order valence-corrected chi connectivity index (χ4v) is 7.70. The molecule has 1 N–H and O–H groups in total. The second kappa shape index (κ2) is 4.92. The zero-order valence-corrected chi connectivity index (χ0v) is 14.0. The summed E-state index contributed by atoms with van der Waals surface area (Å²) < 4.78 is 0. The number of aliphatic imine (C=N–C) groups is 1. The normalized spacial score (nSPS) is 59.1. The first-order chi connectivity index (χ1) is 11.4. The molecule has 7 rings (SSSR count). The van der Waals surface area contributed by atoms with Crippen LogP contribution < -0.4 is 4.90 Å². The minimum atomic E-state index is 0.587. The predicted molar refractivity (Wildman–Crippen MR) is 92.0 cm³/mol. The van der Waals surface area contributed by atoms with Gasteiger partial charge in [0.25, 0.3) is 0 Å². The number of quaternary nitrogens is 1. The Labute approximate surface area is 139 Å². The van der Waals surface area contributed by atoms with Gasteiger partial charge in [-0.2, -0.15) is 0 Å². The Morgan fingerprint density at radius 1 is 0.957 bits per heavy atom. The molecule has 6 unspecified atom stereocenters. The van der Waals surface area contributed by atoms with E-state index < -0.39 is 0 Å². The summed E-state index contributed by atoms with van der Waals surface area (Å²) in [6, 6.07) is 3.64. The van der Waals surface area contributed by atoms with E-state index in [9.17, 15) is 0 Å². The molecule has 6 fully saturated rings. The Morgan fingerprint density at radius 2 is 1.91 bits per heavy atom. The molecule has 0 aromatic rings. The average molecular weight is 311 g/mol. The van der Waals surface area contributed by atoms with E-state index in [-0.39, 0.29) is 0 Å². The molecule has 2 bridgehead atoms. The first-order valence-electron chi connectivity index (χ1n) is 10.2. The number of rotatable bonds is 0. The summed E-state index contributed by atoms with van der Waals surface area (Å²) in [5.74, 6) is 3.40. The van der Waals surface area contributed by atoms with Crippen molar-refractivity contribution in [3.8, 4) is 0 Å². The van der Waals surface area contributed by atoms with Crippen LogP contribution in [-0.2, 0) is 0 Å². The van der Waals surface area contributed by atoms with Gasteiger partial charge in [0.2, 0.25) is 0 Å². The number of allylic oxidation sites excluding steroid dienone is 1. The third kappa shape index (κ3) is 1.76. The lowest BCUT2D eigenvalue weighted by Crippen LogP contribution is -3.25. The van der Waals surface area contributed by atoms with Crippen molar-refractivity contribution in [3.05, 3.63) is 17.5 Å². The molecule has 0 aromatic carbocycles. The lowest BCUT2D eigenvalue weighted by Gasteiger charge is -2.61. The number of fused-ring (bicyclic) bond motifs is 4. The van der Waals surface area contributed by atoms with E-state index in [1.807, 2.05) is 4.90 Å². The lowest BCUT2D eigenvalue weighted by molar-refractivity contribution is -0.975. The molecule has 0 amide bonds. The van der Waals surface area contributed by atoms with E-state index in [1.54, 1.807) is 0 Å². The Morgan fingerprint density at radius 3 is 2.91 bits per heavy atom. The number of nitrogens with zero attached hydrogens (tertiary/aromatic N) is 2. The van der Waals surface area contributed by atoms with Crippen LogP contribution in [0.15, 0.2) is 17.1 Å². The number of hydrogen-bond acceptors (Lipinski definition) is 1. The summed E-state index contributed by atoms with van der Waals surface area (Å²) >= 11 is 0. The summed E-state index contributed by atoms with van der Waals surface area (Å²) in [6.45, 7) is 1.42. The second-order valence-corrected chi connectivity index (χ2v) is 9.06. The SMILES string of the molecule is C1=C[C@@H]2[C@H](N=C1)[C@H]1CC[C@@H]2[NH+]2CCC3C4CCCCC4[N-]C3C12. The third-order valence-corrected chi connectivity index (χ3v) is 8.42. The summed E-state index contributed by atoms with van der Waals surface area (Å²) in [5.41, 5.74) is 0. The second-order valence-electron chi connectivity index (χ2n) is 9.06. The van der Waals surface area contributed by atoms with Crippen LogP contribution in [0, 0.1) is 23.7 Å². The van der Waals surface area contributed by atoms with Crippen LogP contribution in [0.4, 0.5) is 0 Å². The molecule has 0 radical (unpaired) electrons. The van der Waals surface area contributed by atoms with E-state index in [1.165, 1.54) is 51.5 Å². The van der Waals surface area contributed by atoms with Gasteiger partial charge in [-0.3, -0.25) is 4.99 Å². The van der Waals surface area contributed by atoms with Gasteiger partial charge in [0.15, 0.2) is 0 Å². The minimum Gasteiger partial charge on any atom is -0.651 e. The van der Waals surface area contributed by atoms with Crippen LogP contribution >= 0.6 is 0 Å². The van der Waals surface area contributed by atoms with Gasteiger partial charge in [-0.15, -0.1) is 6.04 Å². The van der Waals surface area contributed by atoms with Crippen LogP contribution in [0.3, 0.4) is 0 Å². The van der Waals surface area contributed by atoms with Crippen LogP contribution in [-0.4, -0.2) is 43.0 Å². The van der Waals surface area contributed by atoms with Crippen molar-refractivity contribution in [3.63, 3.8) is 0 Å². The molecule has 5 aliphatic heterocycles. The Kier molecular flexibility index (Phi) is 2.91. The van der Waals surface area contributed by atoms with Gasteiger partial charge in [0.1, 0.15) is 0 Å². The molecule has 0 aromatic heterocycles. The van der Waals surface area contributed by atoms with Crippen LogP contribution in [0.5, 0.6) is 0 Å². The Bertz CT molecular complexity index is 555. The molecule has 10 atom stereocenters. The molecule has 124 valence electrons. The van der Waals surface area contributed by atoms with E-state index >= 15 is 0 Å². The quantitative estimate of drug-likeness (QED) is 0.709. The molecule has 7 aliphatic rings. The minimum absolute atomic E-state index is 0.587. The summed E-state index contributed by atoms with van der Waals surface area (Å²) in [6.07, 6.45) is 16.8. The Hall–Kier alpha value is -0.670. The summed E-state index contributed by atoms with van der Waals surface area (Å²) in [4.78, 5) is 6.90. The maximum absolute atomic E-state index is 5.48. The molecule has 5 heterocycles. The molecule has 23 heavy (non-hydrogen) atoms. The molecule has 2 aliphatic carbocycles. The van der Waals surface area contributed by atoms with Crippen LogP contribution in [0.2, 0.25) is 0 Å². The first kappa shape index (κ1) is 13.6. The highest BCUT2D eigenvalue weighted by molar-refractivity contribution is 5.72. The molecule has 3 heteroatoms. The van der Waals surface area contributed by atoms with Crippen molar-refractivity contribution in [2.75, 3.05) is 6.54 Å². The monoisotopic (exact) mass is 311 g/mol. The molecular formula is C20H29N3. The van der Waals surface area contributed by atoms with Crippen molar-refractivity contribution in [1.82, 2.24) is 0 Å². The zero-order chi connectivity index (χ0) is 15.0. The number of nitrogens with one attached hydrogen (secondary N) is 1. The number of dihydropyridines is 1. The highest BCUT2D eigenvalue weighted by Crippen LogP contribution is 2.51. The largest absolute Gasteiger partial charge is 0.651 e. The summed E-state index contributed by atoms with van der Waals surface area (Å²) in [7, 11) is 0. The van der Waals surface area contributed by atoms with Gasteiger partial charge in [0, 0.05) is 18.6 Å². The van der Waals surface area contributed by atoms with Gasteiger partial charge in [-0.1, -0.05) is 43.7 Å². The maximum Gasteiger partial charge on any atom is 0.0961 e. The number of piperidine rings is 3. The van der Waals surface area contributed by atoms with E-state index in [0.29, 0.717) is 12.1 Å². The van der Waals surface area contributed by atoms with Crippen molar-refractivity contribution < 1.29 is 4.90 Å². The van der Waals surface area contributed by atoms with Crippen LogP contribution in [0.25, 0.3) is 5.32 Å². The Balaban J connectivity index is 1.36. The number of hydrogen-bond donors (Lipinski definition) is 1. The van der Waals surface area contributed by atoms with Gasteiger partial charge in [-0.25, -0.2) is 0 Å². The van der Waals surface area contributed by atoms with Crippen molar-refractivity contribution in [2.24, 2.45) is 28.7 Å². The zero-order valence-electron chi connectivity index (χ0n) is 14.0. The van der Waals surface area contributed by atoms with Gasteiger partial charge >= 0.3 is 0 Å². The van der Waals surface area contributed by atoms with Crippen LogP contribution in [0.1, 0.15) is 44.9 Å². The highest BCUT2D eigenvalue weighted by Gasteiger charge is 2.59. The maximum atomic E-state index is 5.48. The molecule has 3 nitrogen and oxygen atoms in total. The van der Waals surface area contributed by atoms with Crippen molar-refractivity contribution in [2.45, 2.75) is 75.2 Å². The fraction of sp³-hybridized carbons (Fsp3) is 0.850. The van der Waals surface area contributed by atoms with Gasteiger partial charge in [-0.05, 0) is 24.8 Å². The summed E-state index contributed by atoms with van der Waals surface area (Å²) in [5, 5.41) is 5.48. The predicted octanol–water partition coefficient (Wildman–Crippen LogP) is 1.99. The first-order valence-corrected chi connectivity index (χ1v) is 10.2. The molecular weight excluding hydrogens is 282 g/mol. The smallest absolute Gasteiger partial charge is 0.0961 e. The van der Waals surface area contributed by atoms with E-state index in [0.717, 1.165) is 41.8 Å². The van der Waals surface area contributed by atoms with E-state index in [2.05, 4.69) is 18.4 Å².